The molecule has 0 fully saturated rings. The third kappa shape index (κ3) is 7.62. The first-order chi connectivity index (χ1) is 21.8. The average molecular weight is 795 g/mol. The molecule has 0 aliphatic carbocycles. The van der Waals surface area contributed by atoms with E-state index in [1.54, 1.807) is 0 Å². The normalized spacial score (nSPS) is 11.3. The summed E-state index contributed by atoms with van der Waals surface area (Å²) < 4.78 is 6.35. The molecule has 233 valence electrons. The number of pyridine rings is 2. The first-order valence-electron chi connectivity index (χ1n) is 15.6. The molecule has 46 heavy (non-hydrogen) atoms. The van der Waals surface area contributed by atoms with Gasteiger partial charge in [0.05, 0.1) is 13.7 Å². The van der Waals surface area contributed by atoms with Crippen LogP contribution in [0.3, 0.4) is 0 Å². The summed E-state index contributed by atoms with van der Waals surface area (Å²) in [6, 6.07) is 43.9. The zero-order valence-corrected chi connectivity index (χ0v) is 30.4. The van der Waals surface area contributed by atoms with Crippen molar-refractivity contribution in [3.05, 3.63) is 139 Å². The first-order valence-corrected chi connectivity index (χ1v) is 19.1. The number of furan rings is 1. The maximum Gasteiger partial charge on any atom is 0.121 e. The Morgan fingerprint density at radius 2 is 1.52 bits per heavy atom. The van der Waals surface area contributed by atoms with Gasteiger partial charge in [-0.1, -0.05) is 111 Å². The van der Waals surface area contributed by atoms with Crippen LogP contribution in [0, 0.1) is 18.1 Å². The molecule has 5 heteroatoms. The molecule has 7 rings (SSSR count). The van der Waals surface area contributed by atoms with Crippen LogP contribution in [-0.4, -0.2) is 18.0 Å². The molecule has 0 aliphatic rings. The Morgan fingerprint density at radius 3 is 2.22 bits per heavy atom. The smallest absolute Gasteiger partial charge is 0.121 e. The molecule has 3 aromatic heterocycles. The Balaban J connectivity index is 0.000000209. The molecule has 1 radical (unpaired) electrons. The van der Waals surface area contributed by atoms with E-state index in [0.717, 1.165) is 56.4 Å². The van der Waals surface area contributed by atoms with Gasteiger partial charge in [0.1, 0.15) is 5.58 Å². The molecule has 0 spiro atoms. The number of aromatic nitrogens is 2. The van der Waals surface area contributed by atoms with Crippen molar-refractivity contribution in [2.24, 2.45) is 5.92 Å². The zero-order chi connectivity index (χ0) is 31.4. The van der Waals surface area contributed by atoms with Crippen LogP contribution in [-0.2, 0) is 26.5 Å². The second kappa shape index (κ2) is 14.5. The van der Waals surface area contributed by atoms with Gasteiger partial charge in [0.15, 0.2) is 0 Å². The zero-order valence-electron chi connectivity index (χ0n) is 27.0. The summed E-state index contributed by atoms with van der Waals surface area (Å²) in [6.45, 7) is 11.5. The Morgan fingerprint density at radius 1 is 0.717 bits per heavy atom. The van der Waals surface area contributed by atoms with Crippen LogP contribution in [0.15, 0.2) is 126 Å². The molecule has 0 saturated heterocycles. The maximum absolute atomic E-state index is 6.35. The molecule has 7 aromatic rings. The Kier molecular flexibility index (Phi) is 10.5. The van der Waals surface area contributed by atoms with Gasteiger partial charge in [0, 0.05) is 37.9 Å². The second-order valence-corrected chi connectivity index (χ2v) is 18.0. The summed E-state index contributed by atoms with van der Waals surface area (Å²) in [5.74, 6) is 0.604. The standard InChI is InChI=1S/C27H22NO.C14H16NSi.Ir/c1-18(2)15-19-13-14-28-25(16-19)24-10-6-9-23-22-12-11-21(17-26(22)29-27(23)24)20-7-4-3-5-8-20;1-16(2,3)13-9-10-14(15-11-13)12-7-5-4-6-8-12;/h3-9,11-14,16-18H,15H2,1-2H3;4-7,9-11H,1-3H3;/q2*-1;. The topological polar surface area (TPSA) is 38.9 Å². The van der Waals surface area contributed by atoms with E-state index in [1.165, 1.54) is 16.3 Å². The van der Waals surface area contributed by atoms with Gasteiger partial charge in [-0.2, -0.15) is 0 Å². The van der Waals surface area contributed by atoms with Crippen molar-refractivity contribution >= 4 is 35.2 Å². The van der Waals surface area contributed by atoms with E-state index >= 15 is 0 Å². The summed E-state index contributed by atoms with van der Waals surface area (Å²) in [5.41, 5.74) is 9.26. The van der Waals surface area contributed by atoms with Crippen molar-refractivity contribution in [3.8, 4) is 33.6 Å². The molecule has 0 amide bonds. The van der Waals surface area contributed by atoms with E-state index in [2.05, 4.69) is 128 Å². The van der Waals surface area contributed by atoms with Crippen molar-refractivity contribution < 1.29 is 24.5 Å². The van der Waals surface area contributed by atoms with Crippen LogP contribution in [0.25, 0.3) is 55.6 Å². The minimum atomic E-state index is -1.23. The molecule has 3 nitrogen and oxygen atoms in total. The van der Waals surface area contributed by atoms with E-state index in [4.69, 9.17) is 4.42 Å². The van der Waals surface area contributed by atoms with Gasteiger partial charge in [-0.3, -0.25) is 0 Å². The van der Waals surface area contributed by atoms with Crippen molar-refractivity contribution in [3.63, 3.8) is 0 Å². The fraction of sp³-hybridized carbons (Fsp3) is 0.171. The molecule has 0 bridgehead atoms. The van der Waals surface area contributed by atoms with Crippen LogP contribution in [0.5, 0.6) is 0 Å². The van der Waals surface area contributed by atoms with Gasteiger partial charge in [-0.15, -0.1) is 54.1 Å². The van der Waals surface area contributed by atoms with Crippen LogP contribution in [0.2, 0.25) is 19.6 Å². The van der Waals surface area contributed by atoms with Gasteiger partial charge in [-0.05, 0) is 52.2 Å². The van der Waals surface area contributed by atoms with Gasteiger partial charge in [0.2, 0.25) is 0 Å². The number of rotatable bonds is 6. The summed E-state index contributed by atoms with van der Waals surface area (Å²) in [7, 11) is -1.23. The Hall–Kier alpha value is -4.15. The Labute approximate surface area is 287 Å². The molecule has 3 heterocycles. The first kappa shape index (κ1) is 33.2. The largest absolute Gasteiger partial charge is 0.501 e. The van der Waals surface area contributed by atoms with Crippen LogP contribution < -0.4 is 5.19 Å². The van der Waals surface area contributed by atoms with Crippen LogP contribution >= 0.6 is 0 Å². The number of fused-ring (bicyclic) bond motifs is 3. The SMILES string of the molecule is CC(C)Cc1ccnc(-c2[c-]ccc3c2oc2cc(-c4ccccc4)ccc23)c1.C[Si](C)(C)c1ccc(-c2[c-]cccc2)nc1.[Ir]. The molecule has 0 atom stereocenters. The van der Waals surface area contributed by atoms with E-state index < -0.39 is 8.07 Å². The molecule has 0 unspecified atom stereocenters. The summed E-state index contributed by atoms with van der Waals surface area (Å²) in [6.07, 6.45) is 4.93. The molecule has 0 N–H and O–H groups in total. The number of hydrogen-bond donors (Lipinski definition) is 0. The third-order valence-electron chi connectivity index (χ3n) is 7.88. The monoisotopic (exact) mass is 795 g/mol. The second-order valence-electron chi connectivity index (χ2n) is 12.9. The fourth-order valence-corrected chi connectivity index (χ4v) is 6.54. The minimum Gasteiger partial charge on any atom is -0.501 e. The van der Waals surface area contributed by atoms with Gasteiger partial charge in [0.25, 0.3) is 0 Å². The summed E-state index contributed by atoms with van der Waals surface area (Å²) in [5, 5.41) is 3.62. The van der Waals surface area contributed by atoms with Crippen molar-refractivity contribution in [1.29, 1.82) is 0 Å². The fourth-order valence-electron chi connectivity index (χ4n) is 5.50. The van der Waals surface area contributed by atoms with E-state index in [-0.39, 0.29) is 20.1 Å². The molecule has 0 saturated carbocycles. The van der Waals surface area contributed by atoms with E-state index in [1.807, 2.05) is 48.8 Å². The van der Waals surface area contributed by atoms with E-state index in [9.17, 15) is 0 Å². The minimum absolute atomic E-state index is 0. The molecule has 0 aliphatic heterocycles. The van der Waals surface area contributed by atoms with Gasteiger partial charge in [-0.25, -0.2) is 0 Å². The van der Waals surface area contributed by atoms with E-state index in [0.29, 0.717) is 5.92 Å². The summed E-state index contributed by atoms with van der Waals surface area (Å²) >= 11 is 0. The number of nitrogens with zero attached hydrogens (tertiary/aromatic N) is 2. The summed E-state index contributed by atoms with van der Waals surface area (Å²) in [4.78, 5) is 9.13. The number of hydrogen-bond acceptors (Lipinski definition) is 3. The van der Waals surface area contributed by atoms with Crippen molar-refractivity contribution in [2.75, 3.05) is 0 Å². The van der Waals surface area contributed by atoms with Crippen LogP contribution in [0.1, 0.15) is 19.4 Å². The maximum atomic E-state index is 6.35. The Bertz CT molecular complexity index is 2030. The predicted octanol–water partition coefficient (Wildman–Crippen LogP) is 10.4. The van der Waals surface area contributed by atoms with Gasteiger partial charge < -0.3 is 14.4 Å². The number of benzene rings is 4. The molecular formula is C41H38IrN2OSi-2. The van der Waals surface area contributed by atoms with Crippen LogP contribution in [0.4, 0.5) is 0 Å². The van der Waals surface area contributed by atoms with Crippen molar-refractivity contribution in [1.82, 2.24) is 9.97 Å². The quantitative estimate of drug-likeness (QED) is 0.124. The average Bonchev–Trinajstić information content (AvgIpc) is 3.44. The van der Waals surface area contributed by atoms with Crippen molar-refractivity contribution in [2.45, 2.75) is 39.9 Å². The third-order valence-corrected chi connectivity index (χ3v) is 9.91. The molecular weight excluding hydrogens is 757 g/mol. The van der Waals surface area contributed by atoms with Gasteiger partial charge >= 0.3 is 0 Å². The molecule has 4 aromatic carbocycles. The predicted molar refractivity (Wildman–Crippen MR) is 191 cm³/mol.